The number of aromatic amines is 1. The molecule has 0 radical (unpaired) electrons. The van der Waals surface area contributed by atoms with Gasteiger partial charge in [-0.3, -0.25) is 4.98 Å². The second-order valence-corrected chi connectivity index (χ2v) is 6.12. The van der Waals surface area contributed by atoms with Gasteiger partial charge in [0.2, 0.25) is 0 Å². The number of aliphatic hydroxyl groups excluding tert-OH is 1. The molecular formula is C18H23N3O3. The fraction of sp³-hybridized carbons (Fsp3) is 0.389. The Hall–Kier alpha value is -2.31. The number of aromatic nitrogens is 2. The van der Waals surface area contributed by atoms with Crippen molar-refractivity contribution in [2.45, 2.75) is 26.0 Å². The zero-order chi connectivity index (χ0) is 17.1. The maximum Gasteiger partial charge on any atom is 0.147 e. The van der Waals surface area contributed by atoms with Gasteiger partial charge in [0.1, 0.15) is 24.2 Å². The Bertz CT molecular complexity index is 829. The van der Waals surface area contributed by atoms with Crippen LogP contribution in [-0.4, -0.2) is 47.5 Å². The molecule has 0 aliphatic carbocycles. The van der Waals surface area contributed by atoms with Gasteiger partial charge < -0.3 is 24.9 Å². The number of aliphatic hydroxyl groups is 1. The van der Waals surface area contributed by atoms with Gasteiger partial charge in [-0.2, -0.15) is 0 Å². The fourth-order valence-corrected chi connectivity index (χ4v) is 2.65. The van der Waals surface area contributed by atoms with Gasteiger partial charge in [-0.25, -0.2) is 0 Å². The van der Waals surface area contributed by atoms with Crippen molar-refractivity contribution in [3.05, 3.63) is 30.6 Å². The summed E-state index contributed by atoms with van der Waals surface area (Å²) < 4.78 is 11.2. The van der Waals surface area contributed by atoms with Crippen molar-refractivity contribution < 1.29 is 14.6 Å². The second kappa shape index (κ2) is 7.07. The van der Waals surface area contributed by atoms with Crippen molar-refractivity contribution in [1.82, 2.24) is 15.3 Å². The molecule has 0 spiro atoms. The molecule has 3 N–H and O–H groups in total. The lowest BCUT2D eigenvalue weighted by atomic mass is 10.1. The van der Waals surface area contributed by atoms with Crippen LogP contribution in [0.2, 0.25) is 0 Å². The Morgan fingerprint density at radius 2 is 2.08 bits per heavy atom. The van der Waals surface area contributed by atoms with Crippen molar-refractivity contribution in [2.24, 2.45) is 0 Å². The summed E-state index contributed by atoms with van der Waals surface area (Å²) in [4.78, 5) is 7.54. The molecule has 6 nitrogen and oxygen atoms in total. The molecule has 1 unspecified atom stereocenters. The first-order chi connectivity index (χ1) is 11.6. The predicted molar refractivity (Wildman–Crippen MR) is 94.8 cm³/mol. The zero-order valence-corrected chi connectivity index (χ0v) is 14.2. The van der Waals surface area contributed by atoms with Crippen LogP contribution >= 0.6 is 0 Å². The number of nitrogens with zero attached hydrogens (tertiary/aromatic N) is 1. The van der Waals surface area contributed by atoms with Crippen LogP contribution in [-0.2, 0) is 0 Å². The van der Waals surface area contributed by atoms with Gasteiger partial charge in [-0.1, -0.05) is 13.8 Å². The van der Waals surface area contributed by atoms with Crippen LogP contribution in [0.25, 0.3) is 21.8 Å². The number of pyridine rings is 1. The van der Waals surface area contributed by atoms with E-state index in [1.807, 2.05) is 32.0 Å². The predicted octanol–water partition coefficient (Wildman–Crippen LogP) is 2.46. The van der Waals surface area contributed by atoms with E-state index in [0.717, 1.165) is 27.6 Å². The van der Waals surface area contributed by atoms with Gasteiger partial charge in [0.15, 0.2) is 0 Å². The van der Waals surface area contributed by atoms with E-state index in [9.17, 15) is 5.11 Å². The van der Waals surface area contributed by atoms with E-state index in [-0.39, 0.29) is 6.61 Å². The molecule has 0 aliphatic heterocycles. The molecule has 0 amide bonds. The number of rotatable bonds is 7. The van der Waals surface area contributed by atoms with Crippen molar-refractivity contribution in [1.29, 1.82) is 0 Å². The number of ether oxygens (including phenoxy) is 2. The van der Waals surface area contributed by atoms with E-state index in [0.29, 0.717) is 18.3 Å². The molecule has 2 heterocycles. The standard InChI is InChI=1S/C18H23N3O3/c1-11(2)20-7-12(22)10-24-17-9-19-8-16-18(17)14-6-13(23-3)4-5-15(14)21-16/h4-6,8-9,11-12,20-22H,7,10H2,1-3H3. The Kier molecular flexibility index (Phi) is 4.87. The third-order valence-corrected chi connectivity index (χ3v) is 3.87. The third-order valence-electron chi connectivity index (χ3n) is 3.87. The van der Waals surface area contributed by atoms with Gasteiger partial charge in [-0.05, 0) is 18.2 Å². The van der Waals surface area contributed by atoms with Crippen molar-refractivity contribution in [3.8, 4) is 11.5 Å². The number of hydrogen-bond donors (Lipinski definition) is 3. The summed E-state index contributed by atoms with van der Waals surface area (Å²) in [5.74, 6) is 1.43. The van der Waals surface area contributed by atoms with E-state index in [2.05, 4.69) is 15.3 Å². The van der Waals surface area contributed by atoms with Gasteiger partial charge >= 0.3 is 0 Å². The van der Waals surface area contributed by atoms with Crippen LogP contribution in [0.15, 0.2) is 30.6 Å². The molecule has 0 aliphatic rings. The van der Waals surface area contributed by atoms with Crippen LogP contribution in [0.4, 0.5) is 0 Å². The molecule has 0 saturated carbocycles. The van der Waals surface area contributed by atoms with E-state index >= 15 is 0 Å². The first-order valence-electron chi connectivity index (χ1n) is 8.06. The third kappa shape index (κ3) is 3.44. The number of hydrogen-bond acceptors (Lipinski definition) is 5. The van der Waals surface area contributed by atoms with E-state index in [4.69, 9.17) is 9.47 Å². The molecule has 2 aromatic heterocycles. The van der Waals surface area contributed by atoms with Gasteiger partial charge in [0.05, 0.1) is 30.4 Å². The molecule has 0 fully saturated rings. The number of benzene rings is 1. The fourth-order valence-electron chi connectivity index (χ4n) is 2.65. The van der Waals surface area contributed by atoms with Crippen LogP contribution in [0, 0.1) is 0 Å². The molecule has 0 saturated heterocycles. The molecule has 0 bridgehead atoms. The molecule has 3 aromatic rings. The summed E-state index contributed by atoms with van der Waals surface area (Å²) in [7, 11) is 1.65. The highest BCUT2D eigenvalue weighted by Crippen LogP contribution is 2.34. The quantitative estimate of drug-likeness (QED) is 0.620. The molecule has 6 heteroatoms. The average Bonchev–Trinajstić information content (AvgIpc) is 2.96. The average molecular weight is 329 g/mol. The van der Waals surface area contributed by atoms with Crippen LogP contribution < -0.4 is 14.8 Å². The summed E-state index contributed by atoms with van der Waals surface area (Å²) >= 11 is 0. The van der Waals surface area contributed by atoms with Crippen LogP contribution in [0.5, 0.6) is 11.5 Å². The van der Waals surface area contributed by atoms with E-state index in [1.165, 1.54) is 0 Å². The summed E-state index contributed by atoms with van der Waals surface area (Å²) in [6, 6.07) is 6.18. The Labute approximate surface area is 140 Å². The van der Waals surface area contributed by atoms with E-state index < -0.39 is 6.10 Å². The monoisotopic (exact) mass is 329 g/mol. The lowest BCUT2D eigenvalue weighted by molar-refractivity contribution is 0.105. The molecular weight excluding hydrogens is 306 g/mol. The topological polar surface area (TPSA) is 79.4 Å². The smallest absolute Gasteiger partial charge is 0.147 e. The normalized spacial score (nSPS) is 12.9. The summed E-state index contributed by atoms with van der Waals surface area (Å²) in [6.45, 7) is 4.77. The Morgan fingerprint density at radius 3 is 2.83 bits per heavy atom. The van der Waals surface area contributed by atoms with Gasteiger partial charge in [-0.15, -0.1) is 0 Å². The number of H-pyrrole nitrogens is 1. The Morgan fingerprint density at radius 1 is 1.25 bits per heavy atom. The van der Waals surface area contributed by atoms with Gasteiger partial charge in [0, 0.05) is 23.5 Å². The van der Waals surface area contributed by atoms with Gasteiger partial charge in [0.25, 0.3) is 0 Å². The molecule has 1 aromatic carbocycles. The van der Waals surface area contributed by atoms with Crippen molar-refractivity contribution in [2.75, 3.05) is 20.3 Å². The maximum absolute atomic E-state index is 10.0. The molecule has 24 heavy (non-hydrogen) atoms. The zero-order valence-electron chi connectivity index (χ0n) is 14.2. The largest absolute Gasteiger partial charge is 0.497 e. The highest BCUT2D eigenvalue weighted by atomic mass is 16.5. The molecule has 3 rings (SSSR count). The summed E-state index contributed by atoms with van der Waals surface area (Å²) in [5, 5.41) is 15.2. The van der Waals surface area contributed by atoms with Crippen LogP contribution in [0.1, 0.15) is 13.8 Å². The second-order valence-electron chi connectivity index (χ2n) is 6.12. The number of nitrogens with one attached hydrogen (secondary N) is 2. The summed E-state index contributed by atoms with van der Waals surface area (Å²) in [6.07, 6.45) is 2.87. The minimum atomic E-state index is -0.581. The first-order valence-corrected chi connectivity index (χ1v) is 8.06. The number of fused-ring (bicyclic) bond motifs is 3. The SMILES string of the molecule is COc1ccc2[nH]c3cncc(OCC(O)CNC(C)C)c3c2c1. The lowest BCUT2D eigenvalue weighted by Gasteiger charge is -2.15. The number of methoxy groups -OCH3 is 1. The van der Waals surface area contributed by atoms with Crippen LogP contribution in [0.3, 0.4) is 0 Å². The minimum Gasteiger partial charge on any atom is -0.497 e. The Balaban J connectivity index is 1.87. The highest BCUT2D eigenvalue weighted by molar-refractivity contribution is 6.10. The minimum absolute atomic E-state index is 0.206. The lowest BCUT2D eigenvalue weighted by Crippen LogP contribution is -2.35. The van der Waals surface area contributed by atoms with E-state index in [1.54, 1.807) is 19.5 Å². The van der Waals surface area contributed by atoms with Crippen molar-refractivity contribution >= 4 is 21.8 Å². The van der Waals surface area contributed by atoms with Crippen molar-refractivity contribution in [3.63, 3.8) is 0 Å². The molecule has 1 atom stereocenters. The highest BCUT2D eigenvalue weighted by Gasteiger charge is 2.13. The molecule has 128 valence electrons. The summed E-state index contributed by atoms with van der Waals surface area (Å²) in [5.41, 5.74) is 1.89. The first kappa shape index (κ1) is 16.5. The maximum atomic E-state index is 10.0.